The van der Waals surface area contributed by atoms with Crippen molar-refractivity contribution in [1.29, 1.82) is 0 Å². The van der Waals surface area contributed by atoms with Crippen molar-refractivity contribution in [2.24, 2.45) is 5.92 Å². The zero-order chi connectivity index (χ0) is 10.4. The molecule has 76 valence electrons. The average molecular weight is 212 g/mol. The number of carboxylic acid groups (broad SMARTS) is 1. The zero-order valence-corrected chi connectivity index (χ0v) is 10.6. The third-order valence-corrected chi connectivity index (χ3v) is 1.51. The van der Waals surface area contributed by atoms with E-state index in [4.69, 9.17) is 5.11 Å². The van der Waals surface area contributed by atoms with Crippen LogP contribution in [0.2, 0.25) is 0 Å². The molecule has 0 bridgehead atoms. The Morgan fingerprint density at radius 3 is 2.14 bits per heavy atom. The van der Waals surface area contributed by atoms with E-state index in [1.165, 1.54) is 0 Å². The smallest absolute Gasteiger partial charge is 1.00 e. The molecular formula is C8H13NaO5. The molecule has 0 aromatic heterocycles. The van der Waals surface area contributed by atoms with Crippen LogP contribution in [0.15, 0.2) is 0 Å². The Balaban J connectivity index is -0.000000720. The Hall–Kier alpha value is -0.390. The van der Waals surface area contributed by atoms with Gasteiger partial charge in [0.25, 0.3) is 5.78 Å². The summed E-state index contributed by atoms with van der Waals surface area (Å²) >= 11 is 0. The van der Waals surface area contributed by atoms with Gasteiger partial charge in [0.2, 0.25) is 0 Å². The molecule has 0 saturated heterocycles. The van der Waals surface area contributed by atoms with E-state index >= 15 is 0 Å². The molecule has 5 nitrogen and oxygen atoms in total. The van der Waals surface area contributed by atoms with Crippen LogP contribution in [0.1, 0.15) is 21.7 Å². The number of carboxylic acids is 1. The van der Waals surface area contributed by atoms with Gasteiger partial charge in [0.05, 0.1) is 6.61 Å². The van der Waals surface area contributed by atoms with E-state index in [-0.39, 0.29) is 44.0 Å². The third-order valence-electron chi connectivity index (χ3n) is 1.51. The first-order valence-corrected chi connectivity index (χ1v) is 3.98. The summed E-state index contributed by atoms with van der Waals surface area (Å²) in [4.78, 5) is 32.2. The summed E-state index contributed by atoms with van der Waals surface area (Å²) in [6.45, 7) is 3.29. The Labute approximate surface area is 106 Å². The molecule has 0 amide bonds. The van der Waals surface area contributed by atoms with Crippen LogP contribution in [0.4, 0.5) is 0 Å². The molecule has 1 N–H and O–H groups in total. The number of aliphatic carboxylic acids is 1. The number of carbonyl (C=O) groups is 3. The van der Waals surface area contributed by atoms with Gasteiger partial charge in [0.1, 0.15) is 5.92 Å². The molecule has 0 radical (unpaired) electrons. The van der Waals surface area contributed by atoms with Gasteiger partial charge in [-0.3, -0.25) is 9.59 Å². The number of carbonyl (C=O) groups excluding carboxylic acids is 2. The topological polar surface area (TPSA) is 80.7 Å². The quantitative estimate of drug-likeness (QED) is 0.233. The second kappa shape index (κ2) is 7.96. The van der Waals surface area contributed by atoms with Crippen LogP contribution in [-0.2, 0) is 19.1 Å². The summed E-state index contributed by atoms with van der Waals surface area (Å²) in [6, 6.07) is 0. The first-order chi connectivity index (χ1) is 6.04. The molecule has 14 heavy (non-hydrogen) atoms. The van der Waals surface area contributed by atoms with E-state index < -0.39 is 23.6 Å². The van der Waals surface area contributed by atoms with E-state index in [0.717, 1.165) is 0 Å². The molecule has 0 aromatic rings. The standard InChI is InChI=1S/C8H12O5.Na.H/c1-3-5(6(9)7(10)11)8(12)13-4-2;;/h5H,3-4H2,1-2H3,(H,10,11);;/q;+1;-1. The first kappa shape index (κ1) is 16.1. The number of rotatable bonds is 5. The van der Waals surface area contributed by atoms with Crippen molar-refractivity contribution in [2.75, 3.05) is 6.61 Å². The van der Waals surface area contributed by atoms with Crippen LogP contribution in [0.25, 0.3) is 0 Å². The summed E-state index contributed by atoms with van der Waals surface area (Å²) < 4.78 is 4.54. The van der Waals surface area contributed by atoms with Gasteiger partial charge >= 0.3 is 41.5 Å². The van der Waals surface area contributed by atoms with Gasteiger partial charge in [-0.05, 0) is 13.3 Å². The van der Waals surface area contributed by atoms with Crippen LogP contribution in [0, 0.1) is 5.92 Å². The van der Waals surface area contributed by atoms with Gasteiger partial charge in [-0.25, -0.2) is 4.79 Å². The molecule has 0 saturated carbocycles. The van der Waals surface area contributed by atoms with Crippen LogP contribution in [0.3, 0.4) is 0 Å². The van der Waals surface area contributed by atoms with Crippen molar-refractivity contribution in [2.45, 2.75) is 20.3 Å². The largest absolute Gasteiger partial charge is 1.00 e. The van der Waals surface area contributed by atoms with E-state index in [2.05, 4.69) is 4.74 Å². The maximum Gasteiger partial charge on any atom is 1.00 e. The van der Waals surface area contributed by atoms with Gasteiger partial charge in [-0.2, -0.15) is 0 Å². The summed E-state index contributed by atoms with van der Waals surface area (Å²) in [5.41, 5.74) is 0. The molecule has 1 atom stereocenters. The number of Topliss-reactive ketones (excluding diaryl/α,β-unsaturated/α-hetero) is 1. The number of ether oxygens (including phenoxy) is 1. The van der Waals surface area contributed by atoms with Crippen molar-refractivity contribution in [3.05, 3.63) is 0 Å². The molecule has 0 aliphatic rings. The van der Waals surface area contributed by atoms with E-state index in [9.17, 15) is 14.4 Å². The van der Waals surface area contributed by atoms with Gasteiger partial charge in [-0.1, -0.05) is 6.92 Å². The summed E-state index contributed by atoms with van der Waals surface area (Å²) in [6.07, 6.45) is 0.143. The SMILES string of the molecule is CCOC(=O)C(CC)C(=O)C(=O)O.[H-].[Na+]. The second-order valence-electron chi connectivity index (χ2n) is 2.38. The maximum atomic E-state index is 11.0. The molecule has 0 aliphatic carbocycles. The predicted molar refractivity (Wildman–Crippen MR) is 44.2 cm³/mol. The summed E-state index contributed by atoms with van der Waals surface area (Å²) in [7, 11) is 0. The number of hydrogen-bond acceptors (Lipinski definition) is 4. The minimum Gasteiger partial charge on any atom is -1.00 e. The molecule has 0 aliphatic heterocycles. The number of hydrogen-bond donors (Lipinski definition) is 1. The molecular weight excluding hydrogens is 199 g/mol. The monoisotopic (exact) mass is 212 g/mol. The second-order valence-corrected chi connectivity index (χ2v) is 2.38. The minimum atomic E-state index is -1.60. The molecule has 6 heteroatoms. The molecule has 0 rings (SSSR count). The molecule has 0 fully saturated rings. The van der Waals surface area contributed by atoms with E-state index in [1.54, 1.807) is 13.8 Å². The van der Waals surface area contributed by atoms with Gasteiger partial charge in [-0.15, -0.1) is 0 Å². The fourth-order valence-electron chi connectivity index (χ4n) is 0.851. The average Bonchev–Trinajstić information content (AvgIpc) is 2.05. The van der Waals surface area contributed by atoms with Crippen molar-refractivity contribution in [3.8, 4) is 0 Å². The number of ketones is 1. The van der Waals surface area contributed by atoms with Crippen molar-refractivity contribution >= 4 is 17.7 Å². The van der Waals surface area contributed by atoms with Crippen LogP contribution < -0.4 is 29.6 Å². The Morgan fingerprint density at radius 2 is 1.86 bits per heavy atom. The van der Waals surface area contributed by atoms with E-state index in [0.29, 0.717) is 0 Å². The van der Waals surface area contributed by atoms with E-state index in [1.807, 2.05) is 0 Å². The van der Waals surface area contributed by atoms with Crippen LogP contribution >= 0.6 is 0 Å². The van der Waals surface area contributed by atoms with Crippen LogP contribution in [0.5, 0.6) is 0 Å². The minimum absolute atomic E-state index is 0. The summed E-state index contributed by atoms with van der Waals surface area (Å²) in [5.74, 6) is -4.64. The third kappa shape index (κ3) is 4.74. The Bertz CT molecular complexity index is 231. The molecule has 0 heterocycles. The van der Waals surface area contributed by atoms with Crippen molar-refractivity contribution in [3.63, 3.8) is 0 Å². The molecule has 0 spiro atoms. The van der Waals surface area contributed by atoms with Crippen molar-refractivity contribution < 1.29 is 55.2 Å². The number of esters is 1. The van der Waals surface area contributed by atoms with Gasteiger partial charge in [0, 0.05) is 0 Å². The van der Waals surface area contributed by atoms with Crippen molar-refractivity contribution in [1.82, 2.24) is 0 Å². The Kier molecular flexibility index (Phi) is 9.13. The Morgan fingerprint density at radius 1 is 1.36 bits per heavy atom. The van der Waals surface area contributed by atoms with Gasteiger partial charge in [0.15, 0.2) is 0 Å². The normalized spacial score (nSPS) is 11.0. The fraction of sp³-hybridized carbons (Fsp3) is 0.625. The fourth-order valence-corrected chi connectivity index (χ4v) is 0.851. The molecule has 1 unspecified atom stereocenters. The van der Waals surface area contributed by atoms with Gasteiger partial charge < -0.3 is 11.3 Å². The first-order valence-electron chi connectivity index (χ1n) is 3.98. The predicted octanol–water partition coefficient (Wildman–Crippen LogP) is -2.65. The molecule has 0 aromatic carbocycles. The maximum absolute atomic E-state index is 11.0. The van der Waals surface area contributed by atoms with Crippen LogP contribution in [-0.4, -0.2) is 29.4 Å². The summed E-state index contributed by atoms with van der Waals surface area (Å²) in [5, 5.41) is 8.34. The zero-order valence-electron chi connectivity index (χ0n) is 9.57.